The van der Waals surface area contributed by atoms with Gasteiger partial charge >= 0.3 is 0 Å². The van der Waals surface area contributed by atoms with E-state index in [-0.39, 0.29) is 0 Å². The summed E-state index contributed by atoms with van der Waals surface area (Å²) in [5, 5.41) is 13.4. The normalized spacial score (nSPS) is 13.6. The maximum absolute atomic E-state index is 10.9. The molecule has 0 aliphatic carbocycles. The van der Waals surface area contributed by atoms with Crippen LogP contribution in [0.5, 0.6) is 5.75 Å². The largest absolute Gasteiger partial charge is 0.497 e. The lowest BCUT2D eigenvalue weighted by atomic mass is 9.97. The van der Waals surface area contributed by atoms with Crippen LogP contribution >= 0.6 is 11.3 Å². The van der Waals surface area contributed by atoms with Gasteiger partial charge in [-0.25, -0.2) is 15.0 Å². The van der Waals surface area contributed by atoms with Crippen molar-refractivity contribution in [1.29, 1.82) is 0 Å². The van der Waals surface area contributed by atoms with Crippen LogP contribution in [0, 0.1) is 0 Å². The molecule has 0 fully saturated rings. The summed E-state index contributed by atoms with van der Waals surface area (Å²) >= 11 is 1.41. The van der Waals surface area contributed by atoms with E-state index in [0.717, 1.165) is 22.6 Å². The maximum Gasteiger partial charge on any atom is 0.138 e. The van der Waals surface area contributed by atoms with E-state index >= 15 is 0 Å². The minimum Gasteiger partial charge on any atom is -0.497 e. The molecule has 0 radical (unpaired) electrons. The number of thiazole rings is 1. The summed E-state index contributed by atoms with van der Waals surface area (Å²) in [7, 11) is 1.61. The Morgan fingerprint density at radius 1 is 1.14 bits per heavy atom. The second-order valence-electron chi connectivity index (χ2n) is 4.97. The van der Waals surface area contributed by atoms with Crippen molar-refractivity contribution < 1.29 is 9.84 Å². The summed E-state index contributed by atoms with van der Waals surface area (Å²) < 4.78 is 5.14. The van der Waals surface area contributed by atoms with Gasteiger partial charge in [0.1, 0.15) is 22.7 Å². The maximum atomic E-state index is 10.9. The van der Waals surface area contributed by atoms with E-state index in [4.69, 9.17) is 4.74 Å². The van der Waals surface area contributed by atoms with Crippen molar-refractivity contribution in [2.24, 2.45) is 0 Å². The smallest absolute Gasteiger partial charge is 0.138 e. The molecule has 0 saturated carbocycles. The number of nitrogens with zero attached hydrogens (tertiary/aromatic N) is 3. The number of hydrogen-bond acceptors (Lipinski definition) is 6. The molecule has 3 rings (SSSR count). The number of benzene rings is 1. The first-order chi connectivity index (χ1) is 10.6. The highest BCUT2D eigenvalue weighted by atomic mass is 32.1. The summed E-state index contributed by atoms with van der Waals surface area (Å²) in [4.78, 5) is 12.5. The molecule has 0 bridgehead atoms. The van der Waals surface area contributed by atoms with Gasteiger partial charge in [0.25, 0.3) is 0 Å². The lowest BCUT2D eigenvalue weighted by molar-refractivity contribution is 0.102. The fraction of sp³-hybridized carbons (Fsp3) is 0.188. The predicted molar refractivity (Wildman–Crippen MR) is 84.8 cm³/mol. The van der Waals surface area contributed by atoms with Gasteiger partial charge < -0.3 is 9.84 Å². The molecule has 0 amide bonds. The zero-order valence-electron chi connectivity index (χ0n) is 12.2. The Balaban J connectivity index is 1.93. The Morgan fingerprint density at radius 3 is 2.45 bits per heavy atom. The molecule has 1 unspecified atom stereocenters. The lowest BCUT2D eigenvalue weighted by Gasteiger charge is -2.21. The highest BCUT2D eigenvalue weighted by Gasteiger charge is 2.29. The molecule has 112 valence electrons. The van der Waals surface area contributed by atoms with Crippen molar-refractivity contribution in [2.45, 2.75) is 12.5 Å². The average Bonchev–Trinajstić information content (AvgIpc) is 3.06. The van der Waals surface area contributed by atoms with Crippen LogP contribution in [-0.4, -0.2) is 27.2 Å². The first-order valence-electron chi connectivity index (χ1n) is 6.69. The molecule has 0 aliphatic heterocycles. The zero-order valence-corrected chi connectivity index (χ0v) is 13.0. The second kappa shape index (κ2) is 5.82. The molecule has 5 nitrogen and oxygen atoms in total. The molecule has 0 aliphatic rings. The molecule has 1 atom stereocenters. The van der Waals surface area contributed by atoms with Crippen molar-refractivity contribution in [3.05, 3.63) is 58.9 Å². The molecular weight excluding hydrogens is 298 g/mol. The van der Waals surface area contributed by atoms with Crippen LogP contribution in [0.2, 0.25) is 0 Å². The third kappa shape index (κ3) is 2.70. The van der Waals surface area contributed by atoms with Gasteiger partial charge in [0, 0.05) is 23.3 Å². The molecule has 2 heterocycles. The monoisotopic (exact) mass is 313 g/mol. The van der Waals surface area contributed by atoms with E-state index in [0.29, 0.717) is 5.01 Å². The van der Waals surface area contributed by atoms with Gasteiger partial charge in [-0.1, -0.05) is 12.1 Å². The number of aromatic nitrogens is 3. The van der Waals surface area contributed by atoms with Crippen LogP contribution < -0.4 is 4.74 Å². The van der Waals surface area contributed by atoms with Crippen LogP contribution in [0.4, 0.5) is 0 Å². The minimum absolute atomic E-state index is 0.622. The number of ether oxygens (including phenoxy) is 1. The van der Waals surface area contributed by atoms with Crippen molar-refractivity contribution in [3.63, 3.8) is 0 Å². The molecule has 0 saturated heterocycles. The van der Waals surface area contributed by atoms with Gasteiger partial charge in [0.15, 0.2) is 0 Å². The average molecular weight is 313 g/mol. The van der Waals surface area contributed by atoms with Gasteiger partial charge in [-0.15, -0.1) is 11.3 Å². The molecule has 22 heavy (non-hydrogen) atoms. The quantitative estimate of drug-likeness (QED) is 0.802. The Bertz CT molecular complexity index is 755. The summed E-state index contributed by atoms with van der Waals surface area (Å²) in [6.07, 6.45) is 4.88. The third-order valence-corrected chi connectivity index (χ3v) is 4.48. The van der Waals surface area contributed by atoms with Crippen molar-refractivity contribution in [3.8, 4) is 17.0 Å². The number of hydrogen-bond donors (Lipinski definition) is 1. The van der Waals surface area contributed by atoms with Crippen LogP contribution in [0.25, 0.3) is 11.3 Å². The van der Waals surface area contributed by atoms with Crippen LogP contribution in [0.1, 0.15) is 17.5 Å². The van der Waals surface area contributed by atoms with E-state index in [1.807, 2.05) is 29.6 Å². The Kier molecular flexibility index (Phi) is 3.87. The fourth-order valence-corrected chi connectivity index (χ4v) is 3.01. The fourth-order valence-electron chi connectivity index (χ4n) is 2.10. The molecule has 1 aromatic carbocycles. The minimum atomic E-state index is -1.16. The number of rotatable bonds is 4. The number of methoxy groups -OCH3 is 1. The van der Waals surface area contributed by atoms with E-state index in [2.05, 4.69) is 15.0 Å². The molecule has 6 heteroatoms. The van der Waals surface area contributed by atoms with Crippen LogP contribution in [0.3, 0.4) is 0 Å². The van der Waals surface area contributed by atoms with E-state index in [1.54, 1.807) is 26.4 Å². The molecule has 2 aromatic heterocycles. The zero-order chi connectivity index (χ0) is 15.6. The van der Waals surface area contributed by atoms with E-state index in [1.165, 1.54) is 17.7 Å². The molecule has 1 N–H and O–H groups in total. The SMILES string of the molecule is COc1ccc(C(C)(O)c2nc(-c3cncnc3)cs2)cc1. The van der Waals surface area contributed by atoms with Crippen molar-refractivity contribution in [2.75, 3.05) is 7.11 Å². The van der Waals surface area contributed by atoms with Crippen molar-refractivity contribution >= 4 is 11.3 Å². The second-order valence-corrected chi connectivity index (χ2v) is 5.82. The summed E-state index contributed by atoms with van der Waals surface area (Å²) in [5.41, 5.74) is 1.19. The summed E-state index contributed by atoms with van der Waals surface area (Å²) in [6.45, 7) is 1.74. The highest BCUT2D eigenvalue weighted by Crippen LogP contribution is 2.34. The third-order valence-electron chi connectivity index (χ3n) is 3.43. The lowest BCUT2D eigenvalue weighted by Crippen LogP contribution is -2.22. The number of aliphatic hydroxyl groups is 1. The van der Waals surface area contributed by atoms with Gasteiger partial charge in [0.05, 0.1) is 12.8 Å². The van der Waals surface area contributed by atoms with Gasteiger partial charge in [0.2, 0.25) is 0 Å². The van der Waals surface area contributed by atoms with Crippen molar-refractivity contribution in [1.82, 2.24) is 15.0 Å². The summed E-state index contributed by atoms with van der Waals surface area (Å²) in [6, 6.07) is 7.32. The van der Waals surface area contributed by atoms with Gasteiger partial charge in [-0.05, 0) is 24.6 Å². The Labute approximate surface area is 132 Å². The Morgan fingerprint density at radius 2 is 1.82 bits per heavy atom. The van der Waals surface area contributed by atoms with Crippen LogP contribution in [0.15, 0.2) is 48.4 Å². The van der Waals surface area contributed by atoms with Crippen LogP contribution in [-0.2, 0) is 5.60 Å². The molecule has 3 aromatic rings. The van der Waals surface area contributed by atoms with Gasteiger partial charge in [-0.2, -0.15) is 0 Å². The first-order valence-corrected chi connectivity index (χ1v) is 7.57. The molecular formula is C16H15N3O2S. The summed E-state index contributed by atoms with van der Waals surface area (Å²) in [5.74, 6) is 0.751. The van der Waals surface area contributed by atoms with E-state index in [9.17, 15) is 5.11 Å². The standard InChI is InChI=1S/C16H15N3O2S/c1-16(20,12-3-5-13(21-2)6-4-12)15-19-14(9-22-15)11-7-17-10-18-8-11/h3-10,20H,1-2H3. The van der Waals surface area contributed by atoms with E-state index < -0.39 is 5.60 Å². The van der Waals surface area contributed by atoms with Gasteiger partial charge in [-0.3, -0.25) is 0 Å². The molecule has 0 spiro atoms. The first kappa shape index (κ1) is 14.6. The predicted octanol–water partition coefficient (Wildman–Crippen LogP) is 2.86. The Hall–Kier alpha value is -2.31. The highest BCUT2D eigenvalue weighted by molar-refractivity contribution is 7.10. The topological polar surface area (TPSA) is 68.1 Å².